The molecule has 0 radical (unpaired) electrons. The van der Waals surface area contributed by atoms with Crippen molar-refractivity contribution in [3.8, 4) is 0 Å². The van der Waals surface area contributed by atoms with Gasteiger partial charge in [-0.15, -0.1) is 0 Å². The van der Waals surface area contributed by atoms with Crippen molar-refractivity contribution in [1.29, 1.82) is 0 Å². The standard InChI is InChI=1S/C15H11NO2/c1-9-6-11-7-10(15(17)18)2-3-13(11)14-8-16-5-4-12(9)14/h2-8H,1H3,(H,17,18). The molecule has 1 N–H and O–H groups in total. The molecule has 0 fully saturated rings. The minimum atomic E-state index is -0.902. The molecular formula is C15H11NO2. The van der Waals surface area contributed by atoms with Gasteiger partial charge in [-0.3, -0.25) is 4.98 Å². The average molecular weight is 237 g/mol. The summed E-state index contributed by atoms with van der Waals surface area (Å²) >= 11 is 0. The summed E-state index contributed by atoms with van der Waals surface area (Å²) in [7, 11) is 0. The molecule has 0 aliphatic carbocycles. The van der Waals surface area contributed by atoms with E-state index < -0.39 is 5.97 Å². The van der Waals surface area contributed by atoms with Gasteiger partial charge in [0.15, 0.2) is 0 Å². The first-order valence-corrected chi connectivity index (χ1v) is 5.67. The Morgan fingerprint density at radius 3 is 2.72 bits per heavy atom. The van der Waals surface area contributed by atoms with E-state index in [1.165, 1.54) is 0 Å². The highest BCUT2D eigenvalue weighted by Gasteiger charge is 2.07. The van der Waals surface area contributed by atoms with E-state index >= 15 is 0 Å². The fraction of sp³-hybridized carbons (Fsp3) is 0.0667. The minimum Gasteiger partial charge on any atom is -0.478 e. The van der Waals surface area contributed by atoms with Gasteiger partial charge in [-0.1, -0.05) is 12.1 Å². The van der Waals surface area contributed by atoms with Gasteiger partial charge in [0.25, 0.3) is 0 Å². The van der Waals surface area contributed by atoms with Crippen LogP contribution >= 0.6 is 0 Å². The summed E-state index contributed by atoms with van der Waals surface area (Å²) in [5, 5.41) is 13.2. The Kier molecular flexibility index (Phi) is 2.27. The van der Waals surface area contributed by atoms with Crippen LogP contribution in [0.5, 0.6) is 0 Å². The van der Waals surface area contributed by atoms with Crippen molar-refractivity contribution >= 4 is 27.5 Å². The largest absolute Gasteiger partial charge is 0.478 e. The number of benzene rings is 2. The second-order valence-electron chi connectivity index (χ2n) is 4.36. The zero-order valence-corrected chi connectivity index (χ0v) is 9.84. The molecule has 1 aromatic heterocycles. The number of carboxylic acid groups (broad SMARTS) is 1. The maximum absolute atomic E-state index is 11.0. The first kappa shape index (κ1) is 10.7. The zero-order chi connectivity index (χ0) is 12.7. The number of aryl methyl sites for hydroxylation is 1. The number of hydrogen-bond donors (Lipinski definition) is 1. The Morgan fingerprint density at radius 2 is 1.94 bits per heavy atom. The molecule has 18 heavy (non-hydrogen) atoms. The highest BCUT2D eigenvalue weighted by Crippen LogP contribution is 2.28. The lowest BCUT2D eigenvalue weighted by Gasteiger charge is -2.07. The van der Waals surface area contributed by atoms with Crippen molar-refractivity contribution in [3.05, 3.63) is 53.9 Å². The second-order valence-corrected chi connectivity index (χ2v) is 4.36. The third-order valence-electron chi connectivity index (χ3n) is 3.21. The van der Waals surface area contributed by atoms with Crippen LogP contribution in [0.1, 0.15) is 15.9 Å². The number of carboxylic acids is 1. The molecule has 0 amide bonds. The lowest BCUT2D eigenvalue weighted by Crippen LogP contribution is -1.95. The van der Waals surface area contributed by atoms with E-state index in [1.807, 2.05) is 31.3 Å². The van der Waals surface area contributed by atoms with Crippen molar-refractivity contribution in [1.82, 2.24) is 4.98 Å². The topological polar surface area (TPSA) is 50.2 Å². The molecule has 0 spiro atoms. The summed E-state index contributed by atoms with van der Waals surface area (Å²) in [6.45, 7) is 2.02. The summed E-state index contributed by atoms with van der Waals surface area (Å²) < 4.78 is 0. The van der Waals surface area contributed by atoms with Gasteiger partial charge in [-0.25, -0.2) is 4.79 Å². The van der Waals surface area contributed by atoms with E-state index in [0.717, 1.165) is 27.1 Å². The van der Waals surface area contributed by atoms with Gasteiger partial charge in [0, 0.05) is 17.8 Å². The van der Waals surface area contributed by atoms with E-state index in [9.17, 15) is 4.79 Å². The molecule has 0 saturated carbocycles. The van der Waals surface area contributed by atoms with E-state index in [2.05, 4.69) is 4.98 Å². The maximum atomic E-state index is 11.0. The molecular weight excluding hydrogens is 226 g/mol. The third kappa shape index (κ3) is 1.52. The highest BCUT2D eigenvalue weighted by atomic mass is 16.4. The normalized spacial score (nSPS) is 10.9. The van der Waals surface area contributed by atoms with E-state index in [4.69, 9.17) is 5.11 Å². The van der Waals surface area contributed by atoms with E-state index in [1.54, 1.807) is 18.3 Å². The molecule has 0 saturated heterocycles. The minimum absolute atomic E-state index is 0.310. The molecule has 0 bridgehead atoms. The van der Waals surface area contributed by atoms with Crippen molar-refractivity contribution < 1.29 is 9.90 Å². The Morgan fingerprint density at radius 1 is 1.11 bits per heavy atom. The Bertz CT molecular complexity index is 778. The molecule has 3 rings (SSSR count). The molecule has 0 atom stereocenters. The van der Waals surface area contributed by atoms with Gasteiger partial charge in [0.1, 0.15) is 0 Å². The summed E-state index contributed by atoms with van der Waals surface area (Å²) in [6.07, 6.45) is 3.60. The highest BCUT2D eigenvalue weighted by molar-refractivity contribution is 6.09. The van der Waals surface area contributed by atoms with Crippen LogP contribution in [-0.2, 0) is 0 Å². The first-order chi connectivity index (χ1) is 8.66. The maximum Gasteiger partial charge on any atom is 0.335 e. The van der Waals surface area contributed by atoms with Gasteiger partial charge < -0.3 is 5.11 Å². The number of aromatic nitrogens is 1. The number of nitrogens with zero attached hydrogens (tertiary/aromatic N) is 1. The fourth-order valence-corrected chi connectivity index (χ4v) is 2.32. The van der Waals surface area contributed by atoms with Gasteiger partial charge in [0.2, 0.25) is 0 Å². The van der Waals surface area contributed by atoms with Crippen LogP contribution in [-0.4, -0.2) is 16.1 Å². The van der Waals surface area contributed by atoms with Crippen LogP contribution < -0.4 is 0 Å². The summed E-state index contributed by atoms with van der Waals surface area (Å²) in [6, 6.07) is 9.19. The lowest BCUT2D eigenvalue weighted by molar-refractivity contribution is 0.0697. The predicted molar refractivity (Wildman–Crippen MR) is 70.9 cm³/mol. The molecule has 3 heteroatoms. The molecule has 0 aliphatic heterocycles. The number of hydrogen-bond acceptors (Lipinski definition) is 2. The Hall–Kier alpha value is -2.42. The van der Waals surface area contributed by atoms with Crippen molar-refractivity contribution in [2.24, 2.45) is 0 Å². The van der Waals surface area contributed by atoms with Gasteiger partial charge in [-0.2, -0.15) is 0 Å². The van der Waals surface area contributed by atoms with Crippen LogP contribution in [0.4, 0.5) is 0 Å². The quantitative estimate of drug-likeness (QED) is 0.660. The zero-order valence-electron chi connectivity index (χ0n) is 9.84. The summed E-state index contributed by atoms with van der Waals surface area (Å²) in [4.78, 5) is 15.1. The fourth-order valence-electron chi connectivity index (χ4n) is 2.32. The molecule has 0 aliphatic rings. The van der Waals surface area contributed by atoms with Crippen LogP contribution in [0.15, 0.2) is 42.7 Å². The van der Waals surface area contributed by atoms with Crippen LogP contribution in [0.25, 0.3) is 21.5 Å². The predicted octanol–water partition coefficient (Wildman–Crippen LogP) is 3.39. The van der Waals surface area contributed by atoms with E-state index in [-0.39, 0.29) is 0 Å². The number of aromatic carboxylic acids is 1. The monoisotopic (exact) mass is 237 g/mol. The van der Waals surface area contributed by atoms with Gasteiger partial charge >= 0.3 is 5.97 Å². The molecule has 0 unspecified atom stereocenters. The van der Waals surface area contributed by atoms with Crippen LogP contribution in [0.2, 0.25) is 0 Å². The molecule has 88 valence electrons. The number of carbonyl (C=O) groups is 1. The number of pyridine rings is 1. The molecule has 1 heterocycles. The molecule has 2 aromatic carbocycles. The van der Waals surface area contributed by atoms with Gasteiger partial charge in [-0.05, 0) is 46.8 Å². The van der Waals surface area contributed by atoms with Gasteiger partial charge in [0.05, 0.1) is 5.56 Å². The van der Waals surface area contributed by atoms with Crippen LogP contribution in [0.3, 0.4) is 0 Å². The number of fused-ring (bicyclic) bond motifs is 3. The Labute approximate surface area is 104 Å². The smallest absolute Gasteiger partial charge is 0.335 e. The van der Waals surface area contributed by atoms with Crippen LogP contribution in [0, 0.1) is 6.92 Å². The number of rotatable bonds is 1. The Balaban J connectivity index is 2.46. The molecule has 3 aromatic rings. The second kappa shape index (κ2) is 3.81. The average Bonchev–Trinajstić information content (AvgIpc) is 2.38. The first-order valence-electron chi connectivity index (χ1n) is 5.67. The summed E-state index contributed by atoms with van der Waals surface area (Å²) in [5.41, 5.74) is 1.44. The SMILES string of the molecule is Cc1cc2cc(C(=O)O)ccc2c2cnccc12. The van der Waals surface area contributed by atoms with Crippen molar-refractivity contribution in [2.75, 3.05) is 0 Å². The summed E-state index contributed by atoms with van der Waals surface area (Å²) in [5.74, 6) is -0.902. The van der Waals surface area contributed by atoms with Crippen molar-refractivity contribution in [3.63, 3.8) is 0 Å². The third-order valence-corrected chi connectivity index (χ3v) is 3.21. The lowest BCUT2D eigenvalue weighted by atomic mass is 9.98. The van der Waals surface area contributed by atoms with Crippen molar-refractivity contribution in [2.45, 2.75) is 6.92 Å². The van der Waals surface area contributed by atoms with E-state index in [0.29, 0.717) is 5.56 Å². The molecule has 3 nitrogen and oxygen atoms in total.